The van der Waals surface area contributed by atoms with Crippen LogP contribution in [0.15, 0.2) is 60.3 Å². The first-order valence-corrected chi connectivity index (χ1v) is 5.97. The summed E-state index contributed by atoms with van der Waals surface area (Å²) >= 11 is 0. The number of rotatable bonds is 2. The summed E-state index contributed by atoms with van der Waals surface area (Å²) in [5.74, 6) is 0. The Morgan fingerprint density at radius 2 is 1.56 bits per heavy atom. The van der Waals surface area contributed by atoms with Gasteiger partial charge in [0.15, 0.2) is 0 Å². The van der Waals surface area contributed by atoms with Gasteiger partial charge in [-0.2, -0.15) is 0 Å². The van der Waals surface area contributed by atoms with Crippen molar-refractivity contribution < 1.29 is 0 Å². The lowest BCUT2D eigenvalue weighted by Crippen LogP contribution is -2.00. The van der Waals surface area contributed by atoms with Gasteiger partial charge < -0.3 is 0 Å². The van der Waals surface area contributed by atoms with Gasteiger partial charge in [0.1, 0.15) is 0 Å². The number of allylic oxidation sites excluding steroid dienone is 9. The molecule has 1 aliphatic rings. The quantitative estimate of drug-likeness (QED) is 0.593. The molecule has 0 heteroatoms. The highest BCUT2D eigenvalue weighted by Gasteiger charge is 2.11. The molecule has 0 aromatic heterocycles. The monoisotopic (exact) mass is 216 g/mol. The molecule has 0 heterocycles. The topological polar surface area (TPSA) is 0 Å². The first-order chi connectivity index (χ1) is 7.59. The van der Waals surface area contributed by atoms with Crippen LogP contribution >= 0.6 is 0 Å². The summed E-state index contributed by atoms with van der Waals surface area (Å²) in [6.45, 7) is 14.2. The van der Waals surface area contributed by atoms with Crippen LogP contribution in [0.1, 0.15) is 34.6 Å². The largest absolute Gasteiger partial charge is 0.0984 e. The molecule has 16 heavy (non-hydrogen) atoms. The normalized spacial score (nSPS) is 18.1. The lowest BCUT2D eigenvalue weighted by molar-refractivity contribution is 0.627. The molecule has 0 nitrogen and oxygen atoms in total. The lowest BCUT2D eigenvalue weighted by Gasteiger charge is -2.12. The highest BCUT2D eigenvalue weighted by atomic mass is 14.2. The molecule has 0 radical (unpaired) electrons. The average Bonchev–Trinajstić information content (AvgIpc) is 2.42. The average molecular weight is 216 g/mol. The molecule has 88 valence electrons. The Hall–Kier alpha value is -1.30. The van der Waals surface area contributed by atoms with E-state index < -0.39 is 0 Å². The smallest absolute Gasteiger partial charge is 0.00111 e. The van der Waals surface area contributed by atoms with Gasteiger partial charge in [-0.1, -0.05) is 76.8 Å². The number of hydrogen-bond acceptors (Lipinski definition) is 0. The van der Waals surface area contributed by atoms with Crippen LogP contribution in [0.2, 0.25) is 0 Å². The zero-order valence-electron chi connectivity index (χ0n) is 11.2. The van der Waals surface area contributed by atoms with Gasteiger partial charge in [-0.15, -0.1) is 0 Å². The van der Waals surface area contributed by atoms with Gasteiger partial charge in [0.05, 0.1) is 0 Å². The number of hydrogen-bond donors (Lipinski definition) is 0. The maximum absolute atomic E-state index is 3.83. The Kier molecular flexibility index (Phi) is 6.48. The van der Waals surface area contributed by atoms with Crippen molar-refractivity contribution in [2.75, 3.05) is 0 Å². The summed E-state index contributed by atoms with van der Waals surface area (Å²) in [4.78, 5) is 0. The summed E-state index contributed by atoms with van der Waals surface area (Å²) in [6.07, 6.45) is 14.8. The van der Waals surface area contributed by atoms with Gasteiger partial charge in [0.25, 0.3) is 0 Å². The van der Waals surface area contributed by atoms with Gasteiger partial charge in [0, 0.05) is 5.41 Å². The third-order valence-electron chi connectivity index (χ3n) is 2.28. The molecule has 1 rings (SSSR count). The fourth-order valence-corrected chi connectivity index (χ4v) is 1.37. The van der Waals surface area contributed by atoms with E-state index in [1.54, 1.807) is 0 Å². The van der Waals surface area contributed by atoms with Crippen molar-refractivity contribution in [2.24, 2.45) is 5.41 Å². The minimum absolute atomic E-state index is 0.136. The fourth-order valence-electron chi connectivity index (χ4n) is 1.37. The van der Waals surface area contributed by atoms with E-state index in [0.29, 0.717) is 0 Å². The summed E-state index contributed by atoms with van der Waals surface area (Å²) in [5, 5.41) is 0. The molecule has 0 atom stereocenters. The van der Waals surface area contributed by atoms with E-state index in [2.05, 4.69) is 56.9 Å². The van der Waals surface area contributed by atoms with E-state index in [4.69, 9.17) is 0 Å². The van der Waals surface area contributed by atoms with E-state index in [-0.39, 0.29) is 5.41 Å². The van der Waals surface area contributed by atoms with Gasteiger partial charge in [-0.25, -0.2) is 0 Å². The van der Waals surface area contributed by atoms with Crippen molar-refractivity contribution in [3.8, 4) is 0 Å². The first-order valence-electron chi connectivity index (χ1n) is 5.97. The minimum atomic E-state index is 0.136. The lowest BCUT2D eigenvalue weighted by atomic mass is 9.93. The second-order valence-corrected chi connectivity index (χ2v) is 4.10. The SMILES string of the molecule is C=CC1=C(/C=C\C)C=CC(C)(C)C=C1.CC. The van der Waals surface area contributed by atoms with E-state index in [9.17, 15) is 0 Å². The van der Waals surface area contributed by atoms with Crippen LogP contribution in [-0.2, 0) is 0 Å². The first kappa shape index (κ1) is 14.7. The second kappa shape index (κ2) is 7.05. The second-order valence-electron chi connectivity index (χ2n) is 4.10. The summed E-state index contributed by atoms with van der Waals surface area (Å²) in [6, 6.07) is 0. The Morgan fingerprint density at radius 1 is 1.06 bits per heavy atom. The van der Waals surface area contributed by atoms with E-state index in [1.807, 2.05) is 26.8 Å². The molecule has 0 unspecified atom stereocenters. The molecule has 0 saturated carbocycles. The molecular formula is C16H24. The van der Waals surface area contributed by atoms with Gasteiger partial charge in [0.2, 0.25) is 0 Å². The molecular weight excluding hydrogens is 192 g/mol. The Labute approximate surface area is 101 Å². The highest BCUT2D eigenvalue weighted by molar-refractivity contribution is 5.48. The van der Waals surface area contributed by atoms with Gasteiger partial charge in [-0.05, 0) is 18.1 Å². The molecule has 0 amide bonds. The predicted octanol–water partition coefficient (Wildman–Crippen LogP) is 5.22. The van der Waals surface area contributed by atoms with Crippen LogP contribution in [0.3, 0.4) is 0 Å². The van der Waals surface area contributed by atoms with Crippen molar-refractivity contribution in [1.82, 2.24) is 0 Å². The molecule has 0 spiro atoms. The van der Waals surface area contributed by atoms with Crippen LogP contribution in [0.4, 0.5) is 0 Å². The van der Waals surface area contributed by atoms with E-state index >= 15 is 0 Å². The van der Waals surface area contributed by atoms with Crippen molar-refractivity contribution in [2.45, 2.75) is 34.6 Å². The molecule has 0 bridgehead atoms. The van der Waals surface area contributed by atoms with Crippen molar-refractivity contribution in [3.05, 3.63) is 60.3 Å². The Morgan fingerprint density at radius 3 is 2.00 bits per heavy atom. The fraction of sp³-hybridized carbons (Fsp3) is 0.375. The molecule has 0 N–H and O–H groups in total. The highest BCUT2D eigenvalue weighted by Crippen LogP contribution is 2.26. The van der Waals surface area contributed by atoms with E-state index in [1.165, 1.54) is 11.1 Å². The third-order valence-corrected chi connectivity index (χ3v) is 2.28. The van der Waals surface area contributed by atoms with Crippen molar-refractivity contribution in [1.29, 1.82) is 0 Å². The summed E-state index contributed by atoms with van der Waals surface area (Å²) < 4.78 is 0. The van der Waals surface area contributed by atoms with Gasteiger partial charge in [-0.3, -0.25) is 0 Å². The zero-order valence-corrected chi connectivity index (χ0v) is 11.2. The third kappa shape index (κ3) is 4.48. The molecule has 1 aliphatic carbocycles. The van der Waals surface area contributed by atoms with Crippen LogP contribution < -0.4 is 0 Å². The van der Waals surface area contributed by atoms with Crippen LogP contribution in [-0.4, -0.2) is 0 Å². The molecule has 0 saturated heterocycles. The van der Waals surface area contributed by atoms with Crippen LogP contribution in [0.5, 0.6) is 0 Å². The summed E-state index contributed by atoms with van der Waals surface area (Å²) in [7, 11) is 0. The maximum atomic E-state index is 3.83. The minimum Gasteiger partial charge on any atom is -0.0984 e. The van der Waals surface area contributed by atoms with Crippen molar-refractivity contribution in [3.63, 3.8) is 0 Å². The van der Waals surface area contributed by atoms with Crippen molar-refractivity contribution >= 4 is 0 Å². The molecule has 0 aromatic carbocycles. The summed E-state index contributed by atoms with van der Waals surface area (Å²) in [5.41, 5.74) is 2.55. The Balaban J connectivity index is 0.00000106. The molecule has 0 aromatic rings. The zero-order chi connectivity index (χ0) is 12.6. The van der Waals surface area contributed by atoms with Gasteiger partial charge >= 0.3 is 0 Å². The van der Waals surface area contributed by atoms with Crippen LogP contribution in [0, 0.1) is 5.41 Å². The molecule has 0 fully saturated rings. The van der Waals surface area contributed by atoms with Crippen LogP contribution in [0.25, 0.3) is 0 Å². The predicted molar refractivity (Wildman–Crippen MR) is 75.4 cm³/mol. The maximum Gasteiger partial charge on any atom is 0.00111 e. The molecule has 0 aliphatic heterocycles. The Bertz CT molecular complexity index is 333. The standard InChI is InChI=1S/C14H18.C2H6/c1-5-7-13-9-11-14(3,4)10-8-12(13)6-2;1-2/h5-11H,2H2,1,3-4H3;1-2H3/b7-5-;. The van der Waals surface area contributed by atoms with E-state index in [0.717, 1.165) is 0 Å².